The number of β-amino-alcohol motifs (C(OH)–C–C–N with tert-alkyl or cyclic N) is 1. The number of aliphatic hydroxyl groups excluding tert-OH is 2. The normalized spacial score (nSPS) is 17.7. The fourth-order valence-electron chi connectivity index (χ4n) is 10.9. The summed E-state index contributed by atoms with van der Waals surface area (Å²) in [6.07, 6.45) is 7.85. The molecule has 3 aromatic heterocycles. The van der Waals surface area contributed by atoms with Gasteiger partial charge in [0, 0.05) is 68.8 Å². The zero-order valence-corrected chi connectivity index (χ0v) is 48.4. The molecule has 0 radical (unpaired) electrons. The number of carbonyl (C=O) groups is 5. The molecule has 9 rings (SSSR count). The van der Waals surface area contributed by atoms with Gasteiger partial charge in [0.25, 0.3) is 5.89 Å². The third-order valence-corrected chi connectivity index (χ3v) is 16.6. The topological polar surface area (TPSA) is 267 Å². The lowest BCUT2D eigenvalue weighted by Crippen LogP contribution is -2.57. The number of anilines is 3. The first-order valence-electron chi connectivity index (χ1n) is 28.5. The summed E-state index contributed by atoms with van der Waals surface area (Å²) < 4.78 is 11.9. The summed E-state index contributed by atoms with van der Waals surface area (Å²) in [4.78, 5) is 84.8. The summed E-state index contributed by atoms with van der Waals surface area (Å²) >= 11 is 1.57. The predicted molar refractivity (Wildman–Crippen MR) is 311 cm³/mol. The van der Waals surface area contributed by atoms with Crippen molar-refractivity contribution in [2.24, 2.45) is 5.41 Å². The van der Waals surface area contributed by atoms with Crippen molar-refractivity contribution in [2.45, 2.75) is 154 Å². The zero-order valence-electron chi connectivity index (χ0n) is 47.6. The van der Waals surface area contributed by atoms with Gasteiger partial charge in [-0.15, -0.1) is 21.5 Å². The molecular weight excluding hydrogens is 1060 g/mol. The van der Waals surface area contributed by atoms with E-state index in [1.807, 2.05) is 113 Å². The molecule has 82 heavy (non-hydrogen) atoms. The van der Waals surface area contributed by atoms with Crippen LogP contribution in [0.15, 0.2) is 88.9 Å². The summed E-state index contributed by atoms with van der Waals surface area (Å²) in [7, 11) is 0. The van der Waals surface area contributed by atoms with Crippen LogP contribution < -0.4 is 21.3 Å². The van der Waals surface area contributed by atoms with E-state index in [2.05, 4.69) is 41.4 Å². The average molecular weight is 1140 g/mol. The maximum absolute atomic E-state index is 14.1. The number of aliphatic hydroxyl groups is 2. The first-order valence-corrected chi connectivity index (χ1v) is 29.3. The lowest BCUT2D eigenvalue weighted by atomic mass is 9.85. The second-order valence-corrected chi connectivity index (χ2v) is 24.1. The molecule has 0 saturated carbocycles. The maximum atomic E-state index is 14.1. The first-order chi connectivity index (χ1) is 39.3. The number of benzene rings is 3. The minimum atomic E-state index is -0.889. The molecule has 6 N–H and O–H groups in total. The Bertz CT molecular complexity index is 3210. The highest BCUT2D eigenvalue weighted by atomic mass is 32.1. The Morgan fingerprint density at radius 2 is 1.61 bits per heavy atom. The van der Waals surface area contributed by atoms with Gasteiger partial charge >= 0.3 is 5.97 Å². The van der Waals surface area contributed by atoms with Gasteiger partial charge in [-0.3, -0.25) is 19.2 Å². The molecule has 4 atom stereocenters. The number of ether oxygens (including phenoxy) is 1. The Labute approximate surface area is 482 Å². The van der Waals surface area contributed by atoms with E-state index >= 15 is 0 Å². The zero-order chi connectivity index (χ0) is 58.1. The number of esters is 1. The van der Waals surface area contributed by atoms with Crippen LogP contribution in [0, 0.1) is 12.3 Å². The molecule has 0 unspecified atom stereocenters. The van der Waals surface area contributed by atoms with Crippen molar-refractivity contribution in [3.8, 4) is 21.9 Å². The Morgan fingerprint density at radius 3 is 2.30 bits per heavy atom. The Kier molecular flexibility index (Phi) is 18.8. The minimum Gasteiger partial charge on any atom is -0.451 e. The van der Waals surface area contributed by atoms with Crippen LogP contribution in [0.3, 0.4) is 0 Å². The summed E-state index contributed by atoms with van der Waals surface area (Å²) in [5.74, 6) is 0.00873. The molecule has 6 heterocycles. The number of amides is 4. The molecular formula is C61H75N11O9S. The summed E-state index contributed by atoms with van der Waals surface area (Å²) in [6.45, 7) is 12.5. The highest BCUT2D eigenvalue weighted by Gasteiger charge is 2.45. The molecule has 0 spiro atoms. The highest BCUT2D eigenvalue weighted by Crippen LogP contribution is 2.39. The Hall–Kier alpha value is -7.62. The number of fused-ring (bicyclic) bond motifs is 1. The van der Waals surface area contributed by atoms with E-state index in [1.54, 1.807) is 29.7 Å². The fourth-order valence-corrected chi connectivity index (χ4v) is 11.7. The molecule has 4 amide bonds. The Morgan fingerprint density at radius 1 is 0.890 bits per heavy atom. The van der Waals surface area contributed by atoms with Crippen LogP contribution in [0.4, 0.5) is 17.5 Å². The third kappa shape index (κ3) is 14.3. The lowest BCUT2D eigenvalue weighted by Gasteiger charge is -2.35. The molecule has 3 aliphatic heterocycles. The van der Waals surface area contributed by atoms with Gasteiger partial charge < -0.3 is 50.4 Å². The van der Waals surface area contributed by atoms with Gasteiger partial charge in [-0.05, 0) is 86.8 Å². The van der Waals surface area contributed by atoms with E-state index in [4.69, 9.17) is 14.1 Å². The van der Waals surface area contributed by atoms with Crippen LogP contribution in [0.5, 0.6) is 0 Å². The van der Waals surface area contributed by atoms with Crippen molar-refractivity contribution in [1.29, 1.82) is 0 Å². The number of aryl methyl sites for hydroxylation is 1. The number of nitrogens with one attached hydrogen (secondary N) is 4. The second kappa shape index (κ2) is 26.1. The molecule has 3 aromatic carbocycles. The number of rotatable bonds is 23. The van der Waals surface area contributed by atoms with Crippen molar-refractivity contribution in [3.05, 3.63) is 118 Å². The van der Waals surface area contributed by atoms with Crippen LogP contribution in [0.25, 0.3) is 21.9 Å². The van der Waals surface area contributed by atoms with Crippen molar-refractivity contribution >= 4 is 58.4 Å². The number of aromatic nitrogens is 5. The highest BCUT2D eigenvalue weighted by molar-refractivity contribution is 7.13. The van der Waals surface area contributed by atoms with Crippen LogP contribution in [0.2, 0.25) is 0 Å². The largest absolute Gasteiger partial charge is 0.451 e. The molecule has 0 bridgehead atoms. The number of unbranched alkanes of at least 4 members (excludes halogenated alkanes) is 5. The molecule has 3 aliphatic rings. The quantitative estimate of drug-likeness (QED) is 0.0258. The summed E-state index contributed by atoms with van der Waals surface area (Å²) in [5.41, 5.74) is 6.50. The van der Waals surface area contributed by atoms with Crippen molar-refractivity contribution < 1.29 is 43.3 Å². The van der Waals surface area contributed by atoms with Gasteiger partial charge in [0.2, 0.25) is 35.5 Å². The number of piperidine rings is 1. The number of likely N-dealkylation sites (tertiary alicyclic amines) is 2. The number of carbonyl (C=O) groups excluding carboxylic acids is 5. The van der Waals surface area contributed by atoms with Gasteiger partial charge in [-0.1, -0.05) is 101 Å². The van der Waals surface area contributed by atoms with E-state index < -0.39 is 35.2 Å². The number of thiazole rings is 1. The number of cyclic esters (lactones) is 1. The van der Waals surface area contributed by atoms with Gasteiger partial charge in [0.05, 0.1) is 46.0 Å². The second-order valence-electron chi connectivity index (χ2n) is 23.2. The summed E-state index contributed by atoms with van der Waals surface area (Å²) in [5, 5.41) is 42.5. The maximum Gasteiger partial charge on any atom is 0.339 e. The molecule has 0 aliphatic carbocycles. The number of nitrogens with zero attached hydrogens (tertiary/aromatic N) is 7. The van der Waals surface area contributed by atoms with Crippen molar-refractivity contribution in [1.82, 2.24) is 45.6 Å². The molecule has 434 valence electrons. The Balaban J connectivity index is 0.695. The lowest BCUT2D eigenvalue weighted by molar-refractivity contribution is -0.144. The van der Waals surface area contributed by atoms with Crippen LogP contribution in [-0.2, 0) is 36.1 Å². The molecule has 2 fully saturated rings. The van der Waals surface area contributed by atoms with Crippen LogP contribution in [0.1, 0.15) is 156 Å². The van der Waals surface area contributed by atoms with E-state index in [-0.39, 0.29) is 79.9 Å². The smallest absolute Gasteiger partial charge is 0.339 e. The van der Waals surface area contributed by atoms with Gasteiger partial charge in [-0.2, -0.15) is 4.98 Å². The number of hydrogen-bond donors (Lipinski definition) is 6. The average Bonchev–Trinajstić information content (AvgIpc) is 4.47. The van der Waals surface area contributed by atoms with Crippen molar-refractivity contribution in [2.75, 3.05) is 36.9 Å². The van der Waals surface area contributed by atoms with Crippen LogP contribution in [-0.4, -0.2) is 119 Å². The number of hydrogen-bond acceptors (Lipinski definition) is 17. The fraction of sp³-hybridized carbons (Fsp3) is 0.475. The van der Waals surface area contributed by atoms with Gasteiger partial charge in [-0.25, -0.2) is 14.8 Å². The van der Waals surface area contributed by atoms with Crippen molar-refractivity contribution in [3.63, 3.8) is 0 Å². The van der Waals surface area contributed by atoms with E-state index in [1.165, 1.54) is 4.90 Å². The minimum absolute atomic E-state index is 0.00775. The van der Waals surface area contributed by atoms with Crippen LogP contribution >= 0.6 is 11.3 Å². The van der Waals surface area contributed by atoms with Gasteiger partial charge in [0.15, 0.2) is 0 Å². The summed E-state index contributed by atoms with van der Waals surface area (Å²) in [6, 6.07) is 20.5. The molecule has 21 heteroatoms. The molecule has 6 aromatic rings. The van der Waals surface area contributed by atoms with E-state index in [9.17, 15) is 34.2 Å². The van der Waals surface area contributed by atoms with E-state index in [0.717, 1.165) is 64.9 Å². The van der Waals surface area contributed by atoms with Gasteiger partial charge in [0.1, 0.15) is 23.5 Å². The third-order valence-electron chi connectivity index (χ3n) is 15.6. The first kappa shape index (κ1) is 59.0. The predicted octanol–water partition coefficient (Wildman–Crippen LogP) is 8.89. The standard InChI is InChI=1S/C61H75N11O9S/c1-37-51(82-36-64-37)40-22-20-38(21-23-40)32-62-54(77)48-31-43(74)34-72(48)57(78)52(60(2,3)4)67-49(75)18-14-9-7-8-10-15-19-50(76)71-28-26-41(27-29-71)55-69-70-56(80-55)45-33-63-59(68-53(45)66-47(35-73)39-16-12-11-13-17-39)65-42-24-25-44-46(30-42)61(5,6)81-58(44)79/h11-13,16-17,20-25,30,33,36,41,43,47-48,52,73-74H,7-10,14-15,18-19,26-29,31-32,34-35H2,1-6H3,(H,62,77)(H,67,75)(H2,63,65,66,68)/t43-,47-,48+,52-/m1/s1. The monoisotopic (exact) mass is 1140 g/mol. The van der Waals surface area contributed by atoms with E-state index in [0.29, 0.717) is 67.3 Å². The molecule has 2 saturated heterocycles. The molecule has 20 nitrogen and oxygen atoms in total. The SMILES string of the molecule is Cc1ncsc1-c1ccc(CNC(=O)[C@@H]2C[C@@H](O)CN2C(=O)[C@@H](NC(=O)CCCCCCCCC(=O)N2CCC(c3nnc(-c4cnc(Nc5ccc6c(c5)C(C)(C)OC6=O)nc4N[C@H](CO)c4ccccc4)o3)CC2)C(C)(C)C)cc1.